The second-order valence-electron chi connectivity index (χ2n) is 4.85. The normalized spacial score (nSPS) is 11.4. The number of aliphatic hydroxyl groups is 1. The van der Waals surface area contributed by atoms with Crippen LogP contribution in [0.4, 0.5) is 0 Å². The summed E-state index contributed by atoms with van der Waals surface area (Å²) in [5, 5.41) is 9.46. The lowest BCUT2D eigenvalue weighted by molar-refractivity contribution is 0.180. The third kappa shape index (κ3) is 2.94. The smallest absolute Gasteiger partial charge is 0.166 e. The summed E-state index contributed by atoms with van der Waals surface area (Å²) in [7, 11) is 4.84. The highest BCUT2D eigenvalue weighted by Gasteiger charge is 2.23. The van der Waals surface area contributed by atoms with Crippen molar-refractivity contribution in [3.63, 3.8) is 0 Å². The second kappa shape index (κ2) is 6.07. The van der Waals surface area contributed by atoms with Crippen molar-refractivity contribution < 1.29 is 19.3 Å². The summed E-state index contributed by atoms with van der Waals surface area (Å²) in [6.07, 6.45) is 0. The van der Waals surface area contributed by atoms with Gasteiger partial charge in [-0.3, -0.25) is 0 Å². The van der Waals surface area contributed by atoms with Gasteiger partial charge in [0.2, 0.25) is 0 Å². The zero-order valence-electron chi connectivity index (χ0n) is 11.7. The molecule has 0 aliphatic rings. The molecule has 0 aliphatic carbocycles. The van der Waals surface area contributed by atoms with Gasteiger partial charge in [0, 0.05) is 18.1 Å². The van der Waals surface area contributed by atoms with Gasteiger partial charge in [-0.1, -0.05) is 13.8 Å². The molecule has 0 unspecified atom stereocenters. The van der Waals surface area contributed by atoms with E-state index in [-0.39, 0.29) is 12.0 Å². The van der Waals surface area contributed by atoms with E-state index < -0.39 is 0 Å². The number of aliphatic hydroxyl groups excluding tert-OH is 1. The van der Waals surface area contributed by atoms with Crippen molar-refractivity contribution >= 4 is 0 Å². The summed E-state index contributed by atoms with van der Waals surface area (Å²) in [4.78, 5) is 0. The van der Waals surface area contributed by atoms with Crippen LogP contribution in [0.15, 0.2) is 12.1 Å². The number of methoxy groups -OCH3 is 3. The molecule has 0 atom stereocenters. The minimum Gasteiger partial charge on any atom is -0.493 e. The highest BCUT2D eigenvalue weighted by Crippen LogP contribution is 2.37. The van der Waals surface area contributed by atoms with Gasteiger partial charge in [-0.25, -0.2) is 0 Å². The molecule has 0 saturated carbocycles. The number of ether oxygens (including phenoxy) is 3. The third-order valence-electron chi connectivity index (χ3n) is 3.03. The van der Waals surface area contributed by atoms with Crippen molar-refractivity contribution in [3.05, 3.63) is 23.3 Å². The van der Waals surface area contributed by atoms with Crippen LogP contribution >= 0.6 is 0 Å². The maximum atomic E-state index is 9.46. The quantitative estimate of drug-likeness (QED) is 0.844. The predicted octanol–water partition coefficient (Wildman–Crippen LogP) is 2.12. The van der Waals surface area contributed by atoms with Crippen LogP contribution < -0.4 is 9.47 Å². The van der Waals surface area contributed by atoms with E-state index in [1.54, 1.807) is 21.3 Å². The molecule has 0 aliphatic heterocycles. The molecular formula is C14H22O4. The van der Waals surface area contributed by atoms with Gasteiger partial charge in [-0.05, 0) is 17.7 Å². The Balaban J connectivity index is 3.35. The van der Waals surface area contributed by atoms with E-state index in [2.05, 4.69) is 0 Å². The van der Waals surface area contributed by atoms with E-state index in [0.717, 1.165) is 11.1 Å². The minimum absolute atomic E-state index is 0.0644. The van der Waals surface area contributed by atoms with E-state index >= 15 is 0 Å². The van der Waals surface area contributed by atoms with E-state index in [1.165, 1.54) is 0 Å². The van der Waals surface area contributed by atoms with Crippen LogP contribution in [0.25, 0.3) is 0 Å². The molecule has 4 nitrogen and oxygen atoms in total. The van der Waals surface area contributed by atoms with Gasteiger partial charge in [0.05, 0.1) is 27.4 Å². The lowest BCUT2D eigenvalue weighted by Gasteiger charge is -2.25. The summed E-state index contributed by atoms with van der Waals surface area (Å²) in [6, 6.07) is 3.88. The lowest BCUT2D eigenvalue weighted by Crippen LogP contribution is -2.22. The zero-order chi connectivity index (χ0) is 13.8. The highest BCUT2D eigenvalue weighted by molar-refractivity contribution is 5.51. The molecule has 102 valence electrons. The molecule has 4 heteroatoms. The number of benzene rings is 1. The van der Waals surface area contributed by atoms with Crippen molar-refractivity contribution in [1.29, 1.82) is 0 Å². The molecule has 0 amide bonds. The summed E-state index contributed by atoms with van der Waals surface area (Å²) in [5.74, 6) is 1.33. The number of hydrogen-bond donors (Lipinski definition) is 1. The van der Waals surface area contributed by atoms with E-state index in [1.807, 2.05) is 26.0 Å². The average Bonchev–Trinajstić information content (AvgIpc) is 2.38. The Hall–Kier alpha value is -1.26. The highest BCUT2D eigenvalue weighted by atomic mass is 16.5. The fourth-order valence-electron chi connectivity index (χ4n) is 1.79. The zero-order valence-corrected chi connectivity index (χ0v) is 11.7. The van der Waals surface area contributed by atoms with Gasteiger partial charge in [0.1, 0.15) is 0 Å². The molecule has 1 rings (SSSR count). The lowest BCUT2D eigenvalue weighted by atomic mass is 9.84. The van der Waals surface area contributed by atoms with E-state index in [4.69, 9.17) is 14.2 Å². The first-order valence-corrected chi connectivity index (χ1v) is 5.85. The Morgan fingerprint density at radius 3 is 2.22 bits per heavy atom. The van der Waals surface area contributed by atoms with Crippen molar-refractivity contribution in [2.45, 2.75) is 25.9 Å². The molecule has 0 fully saturated rings. The first-order chi connectivity index (χ1) is 8.50. The standard InChI is InChI=1S/C14H22O4/c1-14(2,9-15)11-6-10(8-16-3)13(18-5)12(7-11)17-4/h6-7,15H,8-9H2,1-5H3. The van der Waals surface area contributed by atoms with Crippen LogP contribution in [0.1, 0.15) is 25.0 Å². The molecule has 0 spiro atoms. The largest absolute Gasteiger partial charge is 0.493 e. The molecule has 1 N–H and O–H groups in total. The Labute approximate surface area is 108 Å². The van der Waals surface area contributed by atoms with Crippen molar-refractivity contribution in [2.75, 3.05) is 27.9 Å². The van der Waals surface area contributed by atoms with Crippen LogP contribution in [0, 0.1) is 0 Å². The first-order valence-electron chi connectivity index (χ1n) is 5.85. The van der Waals surface area contributed by atoms with Gasteiger partial charge in [-0.2, -0.15) is 0 Å². The fourth-order valence-corrected chi connectivity index (χ4v) is 1.79. The van der Waals surface area contributed by atoms with Gasteiger partial charge >= 0.3 is 0 Å². The second-order valence-corrected chi connectivity index (χ2v) is 4.85. The molecule has 1 aromatic carbocycles. The summed E-state index contributed by atoms with van der Waals surface area (Å²) >= 11 is 0. The molecule has 1 aromatic rings. The van der Waals surface area contributed by atoms with Crippen molar-refractivity contribution in [1.82, 2.24) is 0 Å². The van der Waals surface area contributed by atoms with Crippen LogP contribution in [-0.4, -0.2) is 33.0 Å². The average molecular weight is 254 g/mol. The van der Waals surface area contributed by atoms with Gasteiger partial charge < -0.3 is 19.3 Å². The monoisotopic (exact) mass is 254 g/mol. The van der Waals surface area contributed by atoms with E-state index in [0.29, 0.717) is 18.1 Å². The third-order valence-corrected chi connectivity index (χ3v) is 3.03. The minimum atomic E-state index is -0.331. The Morgan fingerprint density at radius 1 is 1.11 bits per heavy atom. The summed E-state index contributed by atoms with van der Waals surface area (Å²) < 4.78 is 15.9. The van der Waals surface area contributed by atoms with Gasteiger partial charge in [0.15, 0.2) is 11.5 Å². The molecule has 0 aromatic heterocycles. The van der Waals surface area contributed by atoms with Crippen molar-refractivity contribution in [3.8, 4) is 11.5 Å². The molecular weight excluding hydrogens is 232 g/mol. The molecule has 0 saturated heterocycles. The van der Waals surface area contributed by atoms with Crippen LogP contribution in [0.5, 0.6) is 11.5 Å². The van der Waals surface area contributed by atoms with Crippen LogP contribution in [0.3, 0.4) is 0 Å². The first kappa shape index (κ1) is 14.8. The SMILES string of the molecule is COCc1cc(C(C)(C)CO)cc(OC)c1OC. The maximum Gasteiger partial charge on any atom is 0.166 e. The van der Waals surface area contributed by atoms with Gasteiger partial charge in [-0.15, -0.1) is 0 Å². The molecule has 0 radical (unpaired) electrons. The summed E-state index contributed by atoms with van der Waals surface area (Å²) in [5.41, 5.74) is 1.58. The predicted molar refractivity (Wildman–Crippen MR) is 70.4 cm³/mol. The Kier molecular flexibility index (Phi) is 4.99. The number of rotatable bonds is 6. The summed E-state index contributed by atoms with van der Waals surface area (Å²) in [6.45, 7) is 4.46. The molecule has 18 heavy (non-hydrogen) atoms. The van der Waals surface area contributed by atoms with Crippen LogP contribution in [-0.2, 0) is 16.8 Å². The Morgan fingerprint density at radius 2 is 1.78 bits per heavy atom. The van der Waals surface area contributed by atoms with E-state index in [9.17, 15) is 5.11 Å². The van der Waals surface area contributed by atoms with Crippen molar-refractivity contribution in [2.24, 2.45) is 0 Å². The maximum absolute atomic E-state index is 9.46. The topological polar surface area (TPSA) is 47.9 Å². The van der Waals surface area contributed by atoms with Crippen LogP contribution in [0.2, 0.25) is 0 Å². The molecule has 0 heterocycles. The fraction of sp³-hybridized carbons (Fsp3) is 0.571. The van der Waals surface area contributed by atoms with Gasteiger partial charge in [0.25, 0.3) is 0 Å². The molecule has 0 bridgehead atoms. The number of hydrogen-bond acceptors (Lipinski definition) is 4. The Bertz CT molecular complexity index is 399.